The van der Waals surface area contributed by atoms with Crippen molar-refractivity contribution in [3.8, 4) is 0 Å². The Labute approximate surface area is 198 Å². The number of amides is 1. The van der Waals surface area contributed by atoms with Crippen LogP contribution in [0.5, 0.6) is 0 Å². The van der Waals surface area contributed by atoms with Gasteiger partial charge >= 0.3 is 0 Å². The highest BCUT2D eigenvalue weighted by Crippen LogP contribution is 2.25. The van der Waals surface area contributed by atoms with Crippen molar-refractivity contribution in [3.05, 3.63) is 53.0 Å². The second kappa shape index (κ2) is 10.2. The molecule has 1 aliphatic heterocycles. The van der Waals surface area contributed by atoms with Crippen LogP contribution in [0.25, 0.3) is 0 Å². The summed E-state index contributed by atoms with van der Waals surface area (Å²) in [6.45, 7) is 12.9. The molecular formula is C27H39N5O. The SMILES string of the molecule is Cc1c(NCc2ccc(C(C)(C)C)cc2)ncnc1C(=O)N1CCCN(C2CCCC2)CC1. The maximum absolute atomic E-state index is 13.3. The summed E-state index contributed by atoms with van der Waals surface area (Å²) < 4.78 is 0. The first-order chi connectivity index (χ1) is 15.8. The summed E-state index contributed by atoms with van der Waals surface area (Å²) in [5.41, 5.74) is 4.00. The van der Waals surface area contributed by atoms with Gasteiger partial charge in [-0.3, -0.25) is 9.69 Å². The molecule has 2 heterocycles. The van der Waals surface area contributed by atoms with Crippen molar-refractivity contribution >= 4 is 11.7 Å². The lowest BCUT2D eigenvalue weighted by molar-refractivity contribution is 0.0751. The summed E-state index contributed by atoms with van der Waals surface area (Å²) in [5, 5.41) is 3.41. The predicted octanol–water partition coefficient (Wildman–Crippen LogP) is 4.79. The van der Waals surface area contributed by atoms with Gasteiger partial charge in [-0.25, -0.2) is 9.97 Å². The van der Waals surface area contributed by atoms with Gasteiger partial charge in [0, 0.05) is 44.3 Å². The molecule has 2 aliphatic rings. The van der Waals surface area contributed by atoms with Crippen LogP contribution < -0.4 is 5.32 Å². The number of rotatable bonds is 5. The van der Waals surface area contributed by atoms with E-state index < -0.39 is 0 Å². The summed E-state index contributed by atoms with van der Waals surface area (Å²) in [6, 6.07) is 9.40. The number of anilines is 1. The van der Waals surface area contributed by atoms with Gasteiger partial charge in [0.2, 0.25) is 0 Å². The Hall–Kier alpha value is -2.47. The zero-order valence-electron chi connectivity index (χ0n) is 20.7. The number of nitrogens with zero attached hydrogens (tertiary/aromatic N) is 4. The van der Waals surface area contributed by atoms with Crippen molar-refractivity contribution in [3.63, 3.8) is 0 Å². The quantitative estimate of drug-likeness (QED) is 0.711. The highest BCUT2D eigenvalue weighted by molar-refractivity contribution is 5.94. The maximum atomic E-state index is 13.3. The molecule has 1 aromatic heterocycles. The van der Waals surface area contributed by atoms with Crippen molar-refractivity contribution < 1.29 is 4.79 Å². The van der Waals surface area contributed by atoms with E-state index in [-0.39, 0.29) is 11.3 Å². The molecule has 178 valence electrons. The highest BCUT2D eigenvalue weighted by atomic mass is 16.2. The van der Waals surface area contributed by atoms with Gasteiger partial charge in [-0.05, 0) is 42.7 Å². The third-order valence-electron chi connectivity index (χ3n) is 7.23. The van der Waals surface area contributed by atoms with Crippen LogP contribution >= 0.6 is 0 Å². The second-order valence-corrected chi connectivity index (χ2v) is 10.6. The number of carbonyl (C=O) groups is 1. The van der Waals surface area contributed by atoms with E-state index in [1.165, 1.54) is 43.1 Å². The molecule has 1 N–H and O–H groups in total. The molecule has 0 unspecified atom stereocenters. The monoisotopic (exact) mass is 449 g/mol. The molecule has 0 bridgehead atoms. The van der Waals surface area contributed by atoms with Gasteiger partial charge in [0.25, 0.3) is 5.91 Å². The van der Waals surface area contributed by atoms with Gasteiger partial charge in [0.15, 0.2) is 0 Å². The van der Waals surface area contributed by atoms with Crippen LogP contribution in [0, 0.1) is 6.92 Å². The zero-order valence-corrected chi connectivity index (χ0v) is 20.7. The van der Waals surface area contributed by atoms with Crippen molar-refractivity contribution in [1.82, 2.24) is 19.8 Å². The number of carbonyl (C=O) groups excluding carboxylic acids is 1. The molecule has 1 aliphatic carbocycles. The standard InChI is InChI=1S/C27H39N5O/c1-20-24(26(33)32-15-7-14-31(16-17-32)23-8-5-6-9-23)29-19-30-25(20)28-18-21-10-12-22(13-11-21)27(2,3)4/h10-13,19,23H,5-9,14-18H2,1-4H3,(H,28,29,30). The molecular weight excluding hydrogens is 410 g/mol. The number of hydrogen-bond donors (Lipinski definition) is 1. The Morgan fingerprint density at radius 1 is 1.00 bits per heavy atom. The first-order valence-corrected chi connectivity index (χ1v) is 12.5. The molecule has 1 aromatic carbocycles. The van der Waals surface area contributed by atoms with E-state index in [1.54, 1.807) is 0 Å². The number of hydrogen-bond acceptors (Lipinski definition) is 5. The number of aromatic nitrogens is 2. The Morgan fingerprint density at radius 3 is 2.42 bits per heavy atom. The molecule has 4 rings (SSSR count). The smallest absolute Gasteiger partial charge is 0.272 e. The maximum Gasteiger partial charge on any atom is 0.272 e. The predicted molar refractivity (Wildman–Crippen MR) is 134 cm³/mol. The topological polar surface area (TPSA) is 61.4 Å². The van der Waals surface area contributed by atoms with Crippen LogP contribution in [-0.4, -0.2) is 57.9 Å². The molecule has 1 saturated heterocycles. The fourth-order valence-corrected chi connectivity index (χ4v) is 5.08. The van der Waals surface area contributed by atoms with Crippen LogP contribution in [-0.2, 0) is 12.0 Å². The number of benzene rings is 1. The fraction of sp³-hybridized carbons (Fsp3) is 0.593. The Morgan fingerprint density at radius 2 is 1.73 bits per heavy atom. The van der Waals surface area contributed by atoms with Gasteiger partial charge in [0.1, 0.15) is 17.8 Å². The van der Waals surface area contributed by atoms with Crippen LogP contribution in [0.4, 0.5) is 5.82 Å². The second-order valence-electron chi connectivity index (χ2n) is 10.6. The molecule has 0 spiro atoms. The van der Waals surface area contributed by atoms with Gasteiger partial charge in [-0.15, -0.1) is 0 Å². The summed E-state index contributed by atoms with van der Waals surface area (Å²) in [6.07, 6.45) is 7.86. The Kier molecular flexibility index (Phi) is 7.32. The van der Waals surface area contributed by atoms with E-state index in [2.05, 4.69) is 65.2 Å². The molecule has 6 heteroatoms. The zero-order chi connectivity index (χ0) is 23.4. The largest absolute Gasteiger partial charge is 0.366 e. The van der Waals surface area contributed by atoms with Gasteiger partial charge in [-0.2, -0.15) is 0 Å². The third-order valence-corrected chi connectivity index (χ3v) is 7.23. The van der Waals surface area contributed by atoms with Gasteiger partial charge in [-0.1, -0.05) is 57.9 Å². The molecule has 1 saturated carbocycles. The minimum atomic E-state index is 0.0285. The molecule has 2 fully saturated rings. The first-order valence-electron chi connectivity index (χ1n) is 12.5. The molecule has 1 amide bonds. The Balaban J connectivity index is 1.39. The van der Waals surface area contributed by atoms with Crippen LogP contribution in [0.15, 0.2) is 30.6 Å². The van der Waals surface area contributed by atoms with Crippen LogP contribution in [0.2, 0.25) is 0 Å². The molecule has 33 heavy (non-hydrogen) atoms. The third kappa shape index (κ3) is 5.72. The molecule has 0 radical (unpaired) electrons. The van der Waals surface area contributed by atoms with Gasteiger partial charge in [0.05, 0.1) is 0 Å². The minimum absolute atomic E-state index is 0.0285. The van der Waals surface area contributed by atoms with Crippen molar-refractivity contribution in [1.29, 1.82) is 0 Å². The minimum Gasteiger partial charge on any atom is -0.366 e. The van der Waals surface area contributed by atoms with Crippen LogP contribution in [0.3, 0.4) is 0 Å². The molecule has 6 nitrogen and oxygen atoms in total. The fourth-order valence-electron chi connectivity index (χ4n) is 5.08. The van der Waals surface area contributed by atoms with Gasteiger partial charge < -0.3 is 10.2 Å². The van der Waals surface area contributed by atoms with E-state index in [0.717, 1.165) is 44.0 Å². The number of nitrogens with one attached hydrogen (secondary N) is 1. The average Bonchev–Trinajstić information content (AvgIpc) is 3.22. The van der Waals surface area contributed by atoms with Crippen LogP contribution in [0.1, 0.15) is 80.1 Å². The first kappa shape index (κ1) is 23.7. The lowest BCUT2D eigenvalue weighted by Gasteiger charge is -2.27. The summed E-state index contributed by atoms with van der Waals surface area (Å²) in [4.78, 5) is 26.7. The average molecular weight is 450 g/mol. The molecule has 2 aromatic rings. The summed E-state index contributed by atoms with van der Waals surface area (Å²) >= 11 is 0. The van der Waals surface area contributed by atoms with Crippen molar-refractivity contribution in [2.24, 2.45) is 0 Å². The summed E-state index contributed by atoms with van der Waals surface area (Å²) in [5.74, 6) is 0.761. The lowest BCUT2D eigenvalue weighted by atomic mass is 9.87. The highest BCUT2D eigenvalue weighted by Gasteiger charge is 2.28. The van der Waals surface area contributed by atoms with E-state index in [1.807, 2.05) is 11.8 Å². The van der Waals surface area contributed by atoms with E-state index >= 15 is 0 Å². The van der Waals surface area contributed by atoms with E-state index in [0.29, 0.717) is 18.3 Å². The Bertz CT molecular complexity index is 944. The van der Waals surface area contributed by atoms with E-state index in [9.17, 15) is 4.79 Å². The van der Waals surface area contributed by atoms with Crippen molar-refractivity contribution in [2.75, 3.05) is 31.5 Å². The van der Waals surface area contributed by atoms with E-state index in [4.69, 9.17) is 0 Å². The normalized spacial score (nSPS) is 18.4. The molecule has 0 atom stereocenters. The summed E-state index contributed by atoms with van der Waals surface area (Å²) in [7, 11) is 0. The van der Waals surface area contributed by atoms with Crippen molar-refractivity contribution in [2.45, 2.75) is 77.8 Å². The lowest BCUT2D eigenvalue weighted by Crippen LogP contribution is -2.38.